The van der Waals surface area contributed by atoms with Crippen molar-refractivity contribution >= 4 is 35.8 Å². The van der Waals surface area contributed by atoms with Crippen molar-refractivity contribution in [1.82, 2.24) is 0 Å². The van der Waals surface area contributed by atoms with Gasteiger partial charge in [0.2, 0.25) is 0 Å². The molecule has 250 valence electrons. The van der Waals surface area contributed by atoms with E-state index < -0.39 is 116 Å². The van der Waals surface area contributed by atoms with Crippen LogP contribution in [0.5, 0.6) is 0 Å². The molecule has 0 N–H and O–H groups in total. The van der Waals surface area contributed by atoms with Gasteiger partial charge >= 0.3 is 35.8 Å². The van der Waals surface area contributed by atoms with Crippen molar-refractivity contribution in [3.63, 3.8) is 0 Å². The van der Waals surface area contributed by atoms with Crippen LogP contribution in [0.2, 0.25) is 0 Å². The van der Waals surface area contributed by atoms with Crippen LogP contribution in [-0.2, 0) is 80.9 Å². The number of hydrogen-bond acceptors (Lipinski definition) is 18. The van der Waals surface area contributed by atoms with E-state index in [4.69, 9.17) is 52.1 Å². The number of hydrogen-bond donors (Lipinski definition) is 0. The molecule has 3 rings (SSSR count). The van der Waals surface area contributed by atoms with Crippen LogP contribution in [0.3, 0.4) is 0 Å². The summed E-state index contributed by atoms with van der Waals surface area (Å²) in [5.74, 6) is -6.68. The molecule has 0 spiro atoms. The van der Waals surface area contributed by atoms with Crippen LogP contribution in [-0.4, -0.2) is 116 Å². The first-order valence-corrected chi connectivity index (χ1v) is 13.7. The molecule has 0 amide bonds. The van der Waals surface area contributed by atoms with Crippen LogP contribution >= 0.6 is 0 Å². The highest BCUT2D eigenvalue weighted by Gasteiger charge is 2.61. The molecule has 3 heterocycles. The van der Waals surface area contributed by atoms with Gasteiger partial charge in [-0.05, 0) is 0 Å². The Balaban J connectivity index is 2.10. The number of ether oxygens (including phenoxy) is 11. The molecule has 3 fully saturated rings. The Hall–Kier alpha value is -3.89. The first-order valence-electron chi connectivity index (χ1n) is 13.7. The predicted molar refractivity (Wildman–Crippen MR) is 138 cm³/mol. The van der Waals surface area contributed by atoms with Crippen molar-refractivity contribution in [2.24, 2.45) is 0 Å². The Morgan fingerprint density at radius 2 is 1.09 bits per heavy atom. The fraction of sp³-hybridized carbons (Fsp3) is 0.741. The van der Waals surface area contributed by atoms with Gasteiger partial charge in [-0.15, -0.1) is 0 Å². The lowest BCUT2D eigenvalue weighted by atomic mass is 9.96. The zero-order valence-corrected chi connectivity index (χ0v) is 25.6. The topological polar surface area (TPSA) is 228 Å². The zero-order valence-electron chi connectivity index (χ0n) is 25.6. The Kier molecular flexibility index (Phi) is 11.8. The van der Waals surface area contributed by atoms with Gasteiger partial charge in [0, 0.05) is 48.5 Å². The molecule has 0 aliphatic carbocycles. The van der Waals surface area contributed by atoms with Gasteiger partial charge < -0.3 is 52.1 Å². The number of carbonyl (C=O) groups is 6. The van der Waals surface area contributed by atoms with Crippen molar-refractivity contribution in [2.75, 3.05) is 13.2 Å². The summed E-state index contributed by atoms with van der Waals surface area (Å²) in [6.07, 6.45) is -14.5. The highest BCUT2D eigenvalue weighted by molar-refractivity contribution is 5.69. The van der Waals surface area contributed by atoms with Crippen LogP contribution in [0, 0.1) is 11.3 Å². The molecular formula is C27H35NO17. The molecule has 0 aromatic rings. The molecule has 3 saturated heterocycles. The summed E-state index contributed by atoms with van der Waals surface area (Å²) in [7, 11) is 0. The van der Waals surface area contributed by atoms with E-state index in [1.807, 2.05) is 6.07 Å². The van der Waals surface area contributed by atoms with E-state index in [1.54, 1.807) is 0 Å². The standard InChI is InChI=1S/C27H35NO17/c1-11(29)35-8-17-19(37-13(3)31)21(38-14(4)32)23(40-16(6)34)25(41-17)43-20-18(9-36-12(2)30)42-26-24(22(20)39-15(5)33)44-27(7,10-28)45-26/h17-26H,8-9H2,1-7H3/t17-,18-,19+,20-,21+,22+,23-,24-,25+,26-,27?/m1/s1. The maximum Gasteiger partial charge on any atom is 0.303 e. The number of rotatable bonds is 10. The number of fused-ring (bicyclic) bond motifs is 1. The maximum absolute atomic E-state index is 12.3. The van der Waals surface area contributed by atoms with Crippen molar-refractivity contribution < 1.29 is 80.9 Å². The second-order valence-electron chi connectivity index (χ2n) is 10.3. The summed E-state index contributed by atoms with van der Waals surface area (Å²) in [5.41, 5.74) is 0. The van der Waals surface area contributed by atoms with Crippen LogP contribution in [0.15, 0.2) is 0 Å². The summed E-state index contributed by atoms with van der Waals surface area (Å²) < 4.78 is 61.5. The van der Waals surface area contributed by atoms with E-state index in [-0.39, 0.29) is 0 Å². The largest absolute Gasteiger partial charge is 0.463 e. The van der Waals surface area contributed by atoms with Gasteiger partial charge in [-0.2, -0.15) is 5.26 Å². The summed E-state index contributed by atoms with van der Waals surface area (Å²) in [6.45, 7) is 6.77. The third kappa shape index (κ3) is 9.31. The average Bonchev–Trinajstić information content (AvgIpc) is 3.26. The molecule has 11 atom stereocenters. The van der Waals surface area contributed by atoms with Crippen LogP contribution in [0.4, 0.5) is 0 Å². The minimum atomic E-state index is -1.83. The van der Waals surface area contributed by atoms with Crippen molar-refractivity contribution in [1.29, 1.82) is 5.26 Å². The normalized spacial score (nSPS) is 35.5. The Morgan fingerprint density at radius 3 is 1.58 bits per heavy atom. The first-order chi connectivity index (χ1) is 21.0. The molecule has 3 aliphatic heterocycles. The molecular weight excluding hydrogens is 610 g/mol. The minimum absolute atomic E-state index is 0.487. The summed E-state index contributed by atoms with van der Waals surface area (Å²) in [4.78, 5) is 72.1. The first kappa shape index (κ1) is 35.6. The van der Waals surface area contributed by atoms with E-state index in [1.165, 1.54) is 6.92 Å². The summed E-state index contributed by atoms with van der Waals surface area (Å²) >= 11 is 0. The van der Waals surface area contributed by atoms with Gasteiger partial charge in [-0.1, -0.05) is 0 Å². The van der Waals surface area contributed by atoms with Gasteiger partial charge in [-0.3, -0.25) is 28.8 Å². The molecule has 0 aromatic carbocycles. The number of nitrogens with zero attached hydrogens (tertiary/aromatic N) is 1. The smallest absolute Gasteiger partial charge is 0.303 e. The lowest BCUT2D eigenvalue weighted by molar-refractivity contribution is -0.348. The number of esters is 6. The fourth-order valence-electron chi connectivity index (χ4n) is 4.94. The molecule has 0 aromatic heterocycles. The van der Waals surface area contributed by atoms with Crippen molar-refractivity contribution in [3.05, 3.63) is 0 Å². The second-order valence-corrected chi connectivity index (χ2v) is 10.3. The summed E-state index contributed by atoms with van der Waals surface area (Å²) in [6, 6.07) is 1.83. The summed E-state index contributed by atoms with van der Waals surface area (Å²) in [5, 5.41) is 9.59. The molecule has 0 bridgehead atoms. The molecule has 0 radical (unpaired) electrons. The Bertz CT molecular complexity index is 1200. The van der Waals surface area contributed by atoms with E-state index in [9.17, 15) is 34.0 Å². The monoisotopic (exact) mass is 645 g/mol. The molecule has 0 saturated carbocycles. The quantitative estimate of drug-likeness (QED) is 0.212. The van der Waals surface area contributed by atoms with E-state index >= 15 is 0 Å². The molecule has 3 aliphatic rings. The van der Waals surface area contributed by atoms with E-state index in [0.717, 1.165) is 41.5 Å². The second kappa shape index (κ2) is 14.9. The molecule has 45 heavy (non-hydrogen) atoms. The van der Waals surface area contributed by atoms with Crippen molar-refractivity contribution in [2.45, 2.75) is 116 Å². The number of nitriles is 1. The van der Waals surface area contributed by atoms with E-state index in [0.29, 0.717) is 0 Å². The van der Waals surface area contributed by atoms with Crippen LogP contribution < -0.4 is 0 Å². The fourth-order valence-corrected chi connectivity index (χ4v) is 4.94. The van der Waals surface area contributed by atoms with Crippen molar-refractivity contribution in [3.8, 4) is 6.07 Å². The predicted octanol–water partition coefficient (Wildman–Crippen LogP) is -0.670. The molecule has 18 nitrogen and oxygen atoms in total. The third-order valence-electron chi connectivity index (χ3n) is 6.49. The maximum atomic E-state index is 12.3. The minimum Gasteiger partial charge on any atom is -0.463 e. The third-order valence-corrected chi connectivity index (χ3v) is 6.49. The zero-order chi connectivity index (χ0) is 33.6. The molecule has 18 heteroatoms. The number of carbonyl (C=O) groups excluding carboxylic acids is 6. The Labute approximate surface area is 257 Å². The SMILES string of the molecule is CC(=O)OC[C@H]1O[C@@H](O[C@H]2[C@H](OC(C)=O)[C@H]3OC(C)(C#N)O[C@H]3O[C@@H]2COC(C)=O)[C@H](OC(C)=O)[C@@H](OC(C)=O)[C@H]1OC(C)=O. The lowest BCUT2D eigenvalue weighted by Gasteiger charge is -2.47. The lowest BCUT2D eigenvalue weighted by Crippen LogP contribution is -2.66. The van der Waals surface area contributed by atoms with Crippen LogP contribution in [0.25, 0.3) is 0 Å². The molecule has 1 unspecified atom stereocenters. The highest BCUT2D eigenvalue weighted by Crippen LogP contribution is 2.40. The van der Waals surface area contributed by atoms with Gasteiger partial charge in [0.05, 0.1) is 0 Å². The van der Waals surface area contributed by atoms with Gasteiger partial charge in [0.1, 0.15) is 37.6 Å². The van der Waals surface area contributed by atoms with Crippen LogP contribution in [0.1, 0.15) is 48.5 Å². The van der Waals surface area contributed by atoms with E-state index in [2.05, 4.69) is 0 Å². The highest BCUT2D eigenvalue weighted by atomic mass is 16.8. The van der Waals surface area contributed by atoms with Gasteiger partial charge in [0.25, 0.3) is 5.79 Å². The Morgan fingerprint density at radius 1 is 0.622 bits per heavy atom. The van der Waals surface area contributed by atoms with Gasteiger partial charge in [0.15, 0.2) is 43.1 Å². The average molecular weight is 646 g/mol. The van der Waals surface area contributed by atoms with Gasteiger partial charge in [-0.25, -0.2) is 0 Å².